The van der Waals surface area contributed by atoms with Crippen molar-refractivity contribution < 1.29 is 26.3 Å². The molecule has 0 unspecified atom stereocenters. The van der Waals surface area contributed by atoms with E-state index in [4.69, 9.17) is 19.7 Å². The fraction of sp³-hybridized carbons (Fsp3) is 0.0364. The molecule has 0 aliphatic rings. The summed E-state index contributed by atoms with van der Waals surface area (Å²) in [6, 6.07) is 43.9. The Hall–Kier alpha value is -9.61. The van der Waals surface area contributed by atoms with Crippen LogP contribution in [0, 0.1) is 42.4 Å². The van der Waals surface area contributed by atoms with Gasteiger partial charge in [-0.15, -0.1) is 0 Å². The summed E-state index contributed by atoms with van der Waals surface area (Å²) in [7, 11) is 0. The summed E-state index contributed by atoms with van der Waals surface area (Å²) in [5, 5.41) is 22.8. The van der Waals surface area contributed by atoms with Crippen molar-refractivity contribution in [2.24, 2.45) is 0 Å². The Morgan fingerprint density at radius 2 is 0.985 bits per heavy atom. The minimum Gasteiger partial charge on any atom is -0.308 e. The van der Waals surface area contributed by atoms with Crippen LogP contribution in [0.15, 0.2) is 152 Å². The van der Waals surface area contributed by atoms with Crippen LogP contribution >= 0.6 is 0 Å². The van der Waals surface area contributed by atoms with Gasteiger partial charge in [0.1, 0.15) is 0 Å². The molecule has 7 nitrogen and oxygen atoms in total. The SMILES string of the molecule is [C-]#[N+]c1ccc(-c2ccc3c4ccccc4n(-c4cc([N+]#[C-])c(-c5ccc(C(F)(F)F)cc5C(F)(F)F)cc4-n4c5ccccc5c5ccc(-c6ccc(C#N)cc6[N+]#[C-])cc54)c3c2)c(C#N)c1. The van der Waals surface area contributed by atoms with Gasteiger partial charge in [0.2, 0.25) is 0 Å². The van der Waals surface area contributed by atoms with Gasteiger partial charge in [0.05, 0.1) is 76.4 Å². The number of fused-ring (bicyclic) bond motifs is 6. The maximum atomic E-state index is 15.0. The third-order valence-corrected chi connectivity index (χ3v) is 12.1. The third kappa shape index (κ3) is 6.81. The van der Waals surface area contributed by atoms with Gasteiger partial charge in [-0.25, -0.2) is 14.5 Å². The van der Waals surface area contributed by atoms with Crippen molar-refractivity contribution in [3.05, 3.63) is 208 Å². The van der Waals surface area contributed by atoms with Crippen LogP contribution in [-0.4, -0.2) is 9.13 Å². The Balaban J connectivity index is 1.37. The first-order valence-electron chi connectivity index (χ1n) is 20.5. The van der Waals surface area contributed by atoms with Crippen LogP contribution in [0.5, 0.6) is 0 Å². The molecule has 8 aromatic carbocycles. The first kappa shape index (κ1) is 42.3. The lowest BCUT2D eigenvalue weighted by molar-refractivity contribution is -0.142. The average molecular weight is 898 g/mol. The quantitative estimate of drug-likeness (QED) is 0.128. The van der Waals surface area contributed by atoms with E-state index >= 15 is 13.2 Å². The van der Waals surface area contributed by atoms with Gasteiger partial charge in [0, 0.05) is 32.7 Å². The second-order valence-corrected chi connectivity index (χ2v) is 15.8. The highest BCUT2D eigenvalue weighted by Crippen LogP contribution is 2.48. The predicted octanol–water partition coefficient (Wildman–Crippen LogP) is 16.3. The highest BCUT2D eigenvalue weighted by Gasteiger charge is 2.39. The third-order valence-electron chi connectivity index (χ3n) is 12.1. The number of para-hydroxylation sites is 2. The van der Waals surface area contributed by atoms with Crippen molar-refractivity contribution in [2.75, 3.05) is 0 Å². The van der Waals surface area contributed by atoms with Gasteiger partial charge in [-0.3, -0.25) is 0 Å². The van der Waals surface area contributed by atoms with Gasteiger partial charge in [0.15, 0.2) is 17.1 Å². The van der Waals surface area contributed by atoms with Crippen LogP contribution in [0.2, 0.25) is 0 Å². The Bertz CT molecular complexity index is 4020. The van der Waals surface area contributed by atoms with E-state index in [1.165, 1.54) is 24.3 Å². The molecule has 0 amide bonds. The van der Waals surface area contributed by atoms with Crippen LogP contribution in [0.25, 0.3) is 103 Å². The molecule has 0 aliphatic heterocycles. The number of hydrogen-bond acceptors (Lipinski definition) is 2. The van der Waals surface area contributed by atoms with Gasteiger partial charge in [-0.2, -0.15) is 36.9 Å². The monoisotopic (exact) mass is 897 g/mol. The van der Waals surface area contributed by atoms with E-state index in [1.807, 2.05) is 88.0 Å². The van der Waals surface area contributed by atoms with Crippen molar-refractivity contribution in [3.8, 4) is 56.9 Å². The van der Waals surface area contributed by atoms with Crippen LogP contribution < -0.4 is 0 Å². The largest absolute Gasteiger partial charge is 0.416 e. The second kappa shape index (κ2) is 15.8. The van der Waals surface area contributed by atoms with E-state index in [0.717, 1.165) is 22.2 Å². The lowest BCUT2D eigenvalue weighted by Gasteiger charge is -2.22. The summed E-state index contributed by atoms with van der Waals surface area (Å²) < 4.78 is 90.9. The van der Waals surface area contributed by atoms with Crippen molar-refractivity contribution in [1.29, 1.82) is 10.5 Å². The molecule has 2 aromatic heterocycles. The van der Waals surface area contributed by atoms with Gasteiger partial charge in [-0.05, 0) is 100 Å². The molecule has 10 rings (SSSR count). The van der Waals surface area contributed by atoms with E-state index in [9.17, 15) is 23.7 Å². The molecule has 13 heteroatoms. The van der Waals surface area contributed by atoms with E-state index in [0.29, 0.717) is 61.5 Å². The number of nitrogens with zero attached hydrogens (tertiary/aromatic N) is 7. The van der Waals surface area contributed by atoms with Crippen LogP contribution in [0.3, 0.4) is 0 Å². The number of benzene rings is 8. The molecule has 10 aromatic rings. The van der Waals surface area contributed by atoms with Crippen LogP contribution in [-0.2, 0) is 12.4 Å². The number of aromatic nitrogens is 2. The number of halogens is 6. The standard InChI is InChI=1S/C55H25F6N7/c1-64-36-16-21-37(34(23-36)30-63)32-13-18-42-41-9-5-7-11-49(41)68(50(42)24-32)53-28-47(66-3)44(39-20-15-35(54(56,57)58)26-45(39)55(59,60)61)27-52(53)67-48-10-6-4-8-40(48)43-19-14-33(25-51(43)67)38-17-12-31(29-62)22-46(38)65-2/h4-28H. The van der Waals surface area contributed by atoms with Gasteiger partial charge >= 0.3 is 12.4 Å². The molecule has 0 N–H and O–H groups in total. The van der Waals surface area contributed by atoms with Crippen molar-refractivity contribution in [1.82, 2.24) is 9.13 Å². The molecule has 322 valence electrons. The minimum absolute atomic E-state index is 0.0601. The van der Waals surface area contributed by atoms with Gasteiger partial charge in [-0.1, -0.05) is 84.9 Å². The summed E-state index contributed by atoms with van der Waals surface area (Å²) in [6.07, 6.45) is -10.4. The van der Waals surface area contributed by atoms with E-state index < -0.39 is 29.0 Å². The van der Waals surface area contributed by atoms with Crippen LogP contribution in [0.4, 0.5) is 43.4 Å². The lowest BCUT2D eigenvalue weighted by atomic mass is 9.94. The minimum atomic E-state index is -5.27. The summed E-state index contributed by atoms with van der Waals surface area (Å²) in [5.41, 5.74) is 1.91. The summed E-state index contributed by atoms with van der Waals surface area (Å²) in [4.78, 5) is 10.9. The highest BCUT2D eigenvalue weighted by atomic mass is 19.4. The Labute approximate surface area is 382 Å². The fourth-order valence-electron chi connectivity index (χ4n) is 9.10. The maximum Gasteiger partial charge on any atom is 0.416 e. The molecule has 0 saturated carbocycles. The maximum absolute atomic E-state index is 15.0. The normalized spacial score (nSPS) is 11.6. The number of hydrogen-bond donors (Lipinski definition) is 0. The highest BCUT2D eigenvalue weighted by molar-refractivity contribution is 6.13. The zero-order valence-corrected chi connectivity index (χ0v) is 34.8. The van der Waals surface area contributed by atoms with Gasteiger partial charge in [0.25, 0.3) is 0 Å². The van der Waals surface area contributed by atoms with E-state index in [2.05, 4.69) is 26.7 Å². The molecule has 0 bridgehead atoms. The number of alkyl halides is 6. The zero-order valence-electron chi connectivity index (χ0n) is 34.8. The molecule has 0 spiro atoms. The molecule has 68 heavy (non-hydrogen) atoms. The number of nitriles is 2. The first-order valence-corrected chi connectivity index (χ1v) is 20.5. The zero-order chi connectivity index (χ0) is 47.6. The molecule has 0 radical (unpaired) electrons. The smallest absolute Gasteiger partial charge is 0.308 e. The number of rotatable bonds is 5. The molecule has 0 saturated heterocycles. The van der Waals surface area contributed by atoms with Crippen molar-refractivity contribution >= 4 is 60.7 Å². The predicted molar refractivity (Wildman–Crippen MR) is 250 cm³/mol. The molecular formula is C55H25F6N7. The van der Waals surface area contributed by atoms with Crippen LogP contribution in [0.1, 0.15) is 22.3 Å². The Morgan fingerprint density at radius 3 is 1.54 bits per heavy atom. The first-order chi connectivity index (χ1) is 32.8. The van der Waals surface area contributed by atoms with E-state index in [1.54, 1.807) is 30.3 Å². The average Bonchev–Trinajstić information content (AvgIpc) is 3.86. The fourth-order valence-corrected chi connectivity index (χ4v) is 9.10. The van der Waals surface area contributed by atoms with Crippen molar-refractivity contribution in [2.45, 2.75) is 12.4 Å². The Kier molecular flexibility index (Phi) is 9.85. The molecule has 2 heterocycles. The summed E-state index contributed by atoms with van der Waals surface area (Å²) in [5.74, 6) is 0. The van der Waals surface area contributed by atoms with Gasteiger partial charge < -0.3 is 9.13 Å². The summed E-state index contributed by atoms with van der Waals surface area (Å²) >= 11 is 0. The topological polar surface area (TPSA) is 70.5 Å². The van der Waals surface area contributed by atoms with Crippen molar-refractivity contribution in [3.63, 3.8) is 0 Å². The second-order valence-electron chi connectivity index (χ2n) is 15.8. The lowest BCUT2D eigenvalue weighted by Crippen LogP contribution is -2.12. The molecule has 0 fully saturated rings. The molecular weight excluding hydrogens is 873 g/mol. The van der Waals surface area contributed by atoms with E-state index in [-0.39, 0.29) is 45.5 Å². The molecule has 0 atom stereocenters. The summed E-state index contributed by atoms with van der Waals surface area (Å²) in [6.45, 7) is 23.9. The Morgan fingerprint density at radius 1 is 0.441 bits per heavy atom. The molecule has 0 aliphatic carbocycles.